The number of aryl methyl sites for hydroxylation is 2. The van der Waals surface area contributed by atoms with Crippen LogP contribution in [0.2, 0.25) is 5.02 Å². The number of aliphatic hydroxyl groups is 1. The summed E-state index contributed by atoms with van der Waals surface area (Å²) in [6.45, 7) is 1.62. The molecule has 0 aliphatic heterocycles. The minimum atomic E-state index is -3.70. The molecule has 5 nitrogen and oxygen atoms in total. The molecule has 2 rings (SSSR count). The quantitative estimate of drug-likeness (QED) is 0.909. The maximum absolute atomic E-state index is 12.2. The summed E-state index contributed by atoms with van der Waals surface area (Å²) < 4.78 is 28.5. The molecule has 0 atom stereocenters. The third-order valence-electron chi connectivity index (χ3n) is 2.98. The van der Waals surface area contributed by atoms with Crippen molar-refractivity contribution < 1.29 is 13.5 Å². The minimum Gasteiger partial charge on any atom is -0.390 e. The van der Waals surface area contributed by atoms with Crippen LogP contribution in [0, 0.1) is 6.92 Å². The summed E-state index contributed by atoms with van der Waals surface area (Å²) in [4.78, 5) is 0.0979. The Balaban J connectivity index is 2.32. The molecule has 0 amide bonds. The van der Waals surface area contributed by atoms with Gasteiger partial charge in [-0.25, -0.2) is 8.42 Å². The predicted octanol–water partition coefficient (Wildman–Crippen LogP) is 2.28. The monoisotopic (exact) mass is 314 g/mol. The molecule has 2 N–H and O–H groups in total. The first-order valence-electron chi connectivity index (χ1n) is 5.88. The Bertz CT molecular complexity index is 738. The van der Waals surface area contributed by atoms with Crippen LogP contribution in [0.4, 0.5) is 5.69 Å². The van der Waals surface area contributed by atoms with Crippen molar-refractivity contribution in [2.45, 2.75) is 18.4 Å². The van der Waals surface area contributed by atoms with E-state index in [0.717, 1.165) is 5.56 Å². The second-order valence-corrected chi connectivity index (χ2v) is 6.60. The van der Waals surface area contributed by atoms with Crippen molar-refractivity contribution in [2.75, 3.05) is 4.72 Å². The van der Waals surface area contributed by atoms with Gasteiger partial charge in [-0.05, 0) is 30.7 Å². The first kappa shape index (κ1) is 14.9. The van der Waals surface area contributed by atoms with Gasteiger partial charge in [0.05, 0.1) is 12.3 Å². The summed E-state index contributed by atoms with van der Waals surface area (Å²) in [5.74, 6) is 0. The molecule has 0 unspecified atom stereocenters. The maximum atomic E-state index is 12.2. The summed E-state index contributed by atoms with van der Waals surface area (Å²) in [5, 5.41) is 9.60. The number of benzene rings is 1. The van der Waals surface area contributed by atoms with E-state index in [1.165, 1.54) is 12.3 Å². The van der Waals surface area contributed by atoms with Gasteiger partial charge in [0.15, 0.2) is 0 Å². The smallest absolute Gasteiger partial charge is 0.263 e. The van der Waals surface area contributed by atoms with E-state index in [0.29, 0.717) is 16.4 Å². The molecule has 2 aromatic rings. The first-order chi connectivity index (χ1) is 9.33. The summed E-state index contributed by atoms with van der Waals surface area (Å²) in [7, 11) is -2.02. The minimum absolute atomic E-state index is 0.0979. The number of nitrogens with one attached hydrogen (secondary N) is 1. The van der Waals surface area contributed by atoms with E-state index < -0.39 is 10.0 Å². The van der Waals surface area contributed by atoms with Crippen LogP contribution in [0.1, 0.15) is 11.3 Å². The summed E-state index contributed by atoms with van der Waals surface area (Å²) in [6, 6.07) is 6.38. The van der Waals surface area contributed by atoms with E-state index in [-0.39, 0.29) is 11.5 Å². The summed E-state index contributed by atoms with van der Waals surface area (Å²) in [6.07, 6.45) is 1.45. The zero-order valence-corrected chi connectivity index (χ0v) is 12.7. The number of aliphatic hydroxyl groups excluding tert-OH is 1. The third-order valence-corrected chi connectivity index (χ3v) is 4.73. The van der Waals surface area contributed by atoms with Crippen molar-refractivity contribution >= 4 is 27.3 Å². The van der Waals surface area contributed by atoms with Crippen molar-refractivity contribution in [3.05, 3.63) is 46.7 Å². The first-order valence-corrected chi connectivity index (χ1v) is 7.74. The van der Waals surface area contributed by atoms with Crippen LogP contribution in [0.15, 0.2) is 35.4 Å². The van der Waals surface area contributed by atoms with Gasteiger partial charge in [0.2, 0.25) is 0 Å². The second-order valence-electron chi connectivity index (χ2n) is 4.51. The van der Waals surface area contributed by atoms with Crippen molar-refractivity contribution in [1.82, 2.24) is 4.57 Å². The lowest BCUT2D eigenvalue weighted by atomic mass is 10.2. The lowest BCUT2D eigenvalue weighted by Gasteiger charge is -2.07. The number of anilines is 1. The standard InChI is InChI=1S/C13H15ClN2O3S/c1-9-3-4-10(5-13(9)14)15-20(18,19)12-6-11(8-17)16(2)7-12/h3-7,15,17H,8H2,1-2H3. The molecule has 0 radical (unpaired) electrons. The van der Waals surface area contributed by atoms with E-state index in [1.807, 2.05) is 6.92 Å². The Labute approximate surface area is 122 Å². The molecule has 0 aliphatic rings. The lowest BCUT2D eigenvalue weighted by Crippen LogP contribution is -2.12. The number of rotatable bonds is 4. The highest BCUT2D eigenvalue weighted by molar-refractivity contribution is 7.92. The SMILES string of the molecule is Cc1ccc(NS(=O)(=O)c2cc(CO)n(C)c2)cc1Cl. The fourth-order valence-electron chi connectivity index (χ4n) is 1.75. The highest BCUT2D eigenvalue weighted by Gasteiger charge is 2.17. The molecule has 7 heteroatoms. The van der Waals surface area contributed by atoms with Gasteiger partial charge in [-0.2, -0.15) is 0 Å². The molecule has 108 valence electrons. The Morgan fingerprint density at radius 2 is 2.05 bits per heavy atom. The Morgan fingerprint density at radius 3 is 2.60 bits per heavy atom. The summed E-state index contributed by atoms with van der Waals surface area (Å²) in [5.41, 5.74) is 1.79. The largest absolute Gasteiger partial charge is 0.390 e. The van der Waals surface area contributed by atoms with Gasteiger partial charge in [0.1, 0.15) is 4.90 Å². The molecule has 0 fully saturated rings. The van der Waals surface area contributed by atoms with Gasteiger partial charge in [-0.15, -0.1) is 0 Å². The molecular weight excluding hydrogens is 300 g/mol. The van der Waals surface area contributed by atoms with Crippen molar-refractivity contribution in [3.8, 4) is 0 Å². The number of nitrogens with zero attached hydrogens (tertiary/aromatic N) is 1. The molecular formula is C13H15ClN2O3S. The van der Waals surface area contributed by atoms with Crippen LogP contribution >= 0.6 is 11.6 Å². The number of aromatic nitrogens is 1. The maximum Gasteiger partial charge on any atom is 0.263 e. The molecule has 20 heavy (non-hydrogen) atoms. The van der Waals surface area contributed by atoms with E-state index in [1.54, 1.807) is 29.8 Å². The van der Waals surface area contributed by atoms with Crippen LogP contribution in [0.3, 0.4) is 0 Å². The molecule has 0 spiro atoms. The second kappa shape index (κ2) is 5.47. The van der Waals surface area contributed by atoms with E-state index in [2.05, 4.69) is 4.72 Å². The van der Waals surface area contributed by atoms with Gasteiger partial charge in [-0.1, -0.05) is 17.7 Å². The highest BCUT2D eigenvalue weighted by Crippen LogP contribution is 2.23. The normalized spacial score (nSPS) is 11.6. The molecule has 0 bridgehead atoms. The molecule has 1 aromatic carbocycles. The molecule has 0 saturated carbocycles. The third kappa shape index (κ3) is 2.98. The van der Waals surface area contributed by atoms with E-state index in [9.17, 15) is 8.42 Å². The van der Waals surface area contributed by atoms with Crippen LogP contribution in [-0.4, -0.2) is 18.1 Å². The van der Waals surface area contributed by atoms with E-state index >= 15 is 0 Å². The molecule has 0 saturated heterocycles. The lowest BCUT2D eigenvalue weighted by molar-refractivity contribution is 0.272. The number of hydrogen-bond acceptors (Lipinski definition) is 3. The molecule has 1 heterocycles. The van der Waals surface area contributed by atoms with Gasteiger partial charge in [0.25, 0.3) is 10.0 Å². The fourth-order valence-corrected chi connectivity index (χ4v) is 3.08. The predicted molar refractivity (Wildman–Crippen MR) is 78.3 cm³/mol. The fraction of sp³-hybridized carbons (Fsp3) is 0.231. The van der Waals surface area contributed by atoms with Gasteiger partial charge >= 0.3 is 0 Å². The number of halogens is 1. The van der Waals surface area contributed by atoms with Gasteiger partial charge < -0.3 is 9.67 Å². The zero-order chi connectivity index (χ0) is 14.9. The van der Waals surface area contributed by atoms with Crippen LogP contribution in [0.25, 0.3) is 0 Å². The number of sulfonamides is 1. The molecule has 1 aromatic heterocycles. The zero-order valence-electron chi connectivity index (χ0n) is 11.1. The van der Waals surface area contributed by atoms with Crippen molar-refractivity contribution in [2.24, 2.45) is 7.05 Å². The van der Waals surface area contributed by atoms with Gasteiger partial charge in [0, 0.05) is 24.0 Å². The van der Waals surface area contributed by atoms with E-state index in [4.69, 9.17) is 16.7 Å². The topological polar surface area (TPSA) is 71.3 Å². The van der Waals surface area contributed by atoms with Crippen molar-refractivity contribution in [3.63, 3.8) is 0 Å². The van der Waals surface area contributed by atoms with Crippen LogP contribution in [0.5, 0.6) is 0 Å². The van der Waals surface area contributed by atoms with Crippen molar-refractivity contribution in [1.29, 1.82) is 0 Å². The Morgan fingerprint density at radius 1 is 1.35 bits per heavy atom. The average Bonchev–Trinajstić information content (AvgIpc) is 2.76. The van der Waals surface area contributed by atoms with Crippen LogP contribution in [-0.2, 0) is 23.7 Å². The van der Waals surface area contributed by atoms with Gasteiger partial charge in [-0.3, -0.25) is 4.72 Å². The highest BCUT2D eigenvalue weighted by atomic mass is 35.5. The molecule has 0 aliphatic carbocycles. The average molecular weight is 315 g/mol. The van der Waals surface area contributed by atoms with Crippen LogP contribution < -0.4 is 4.72 Å². The number of hydrogen-bond donors (Lipinski definition) is 2. The summed E-state index contributed by atoms with van der Waals surface area (Å²) >= 11 is 5.97. The Hall–Kier alpha value is -1.50. The Kier molecular flexibility index (Phi) is 4.08.